The molecule has 0 aliphatic rings. The van der Waals surface area contributed by atoms with Crippen LogP contribution in [-0.2, 0) is 15.7 Å². The standard InChI is InChI=1S/C23H26FN2O5PS3/c1-7-33-14(4)20-19(24)17(15-8-10-16(11-9-15)31-32(27,28)29)18-21(26(5)6)23(34-22(18)25-20)35(30)12-13(2)3/h7-11,13H,1,4,12H2,2-3,5-6H3,(H2,27,28,29). The highest BCUT2D eigenvalue weighted by atomic mass is 32.2. The van der Waals surface area contributed by atoms with E-state index in [9.17, 15) is 9.12 Å². The lowest BCUT2D eigenvalue weighted by Gasteiger charge is -2.18. The number of hydrogen-bond acceptors (Lipinski definition) is 7. The van der Waals surface area contributed by atoms with Gasteiger partial charge in [-0.2, -0.15) is 0 Å². The van der Waals surface area contributed by atoms with Crippen LogP contribution in [0.15, 0.2) is 47.0 Å². The van der Waals surface area contributed by atoms with E-state index in [2.05, 4.69) is 22.7 Å². The first-order chi connectivity index (χ1) is 16.3. The average Bonchev–Trinajstić information content (AvgIpc) is 3.12. The van der Waals surface area contributed by atoms with Gasteiger partial charge in [0.05, 0.1) is 5.39 Å². The van der Waals surface area contributed by atoms with E-state index in [0.717, 1.165) is 11.8 Å². The van der Waals surface area contributed by atoms with Gasteiger partial charge < -0.3 is 14.0 Å². The molecule has 1 unspecified atom stereocenters. The summed E-state index contributed by atoms with van der Waals surface area (Å²) in [5, 5.41) is 2.04. The second-order valence-electron chi connectivity index (χ2n) is 8.18. The van der Waals surface area contributed by atoms with Crippen LogP contribution in [0.25, 0.3) is 26.2 Å². The summed E-state index contributed by atoms with van der Waals surface area (Å²) < 4.78 is 45.7. The summed E-state index contributed by atoms with van der Waals surface area (Å²) in [6.07, 6.45) is 0. The minimum Gasteiger partial charge on any atom is -0.611 e. The van der Waals surface area contributed by atoms with Crippen LogP contribution in [0, 0.1) is 11.7 Å². The second-order valence-corrected chi connectivity index (χ2v) is 13.1. The number of pyridine rings is 1. The molecule has 0 aliphatic carbocycles. The number of nitrogens with zero attached hydrogens (tertiary/aromatic N) is 2. The molecule has 0 saturated carbocycles. The molecule has 0 fully saturated rings. The Morgan fingerprint density at radius 3 is 2.51 bits per heavy atom. The molecule has 12 heteroatoms. The van der Waals surface area contributed by atoms with E-state index in [-0.39, 0.29) is 22.9 Å². The van der Waals surface area contributed by atoms with Crippen molar-refractivity contribution in [3.63, 3.8) is 0 Å². The third-order valence-corrected chi connectivity index (χ3v) is 9.06. The Labute approximate surface area is 215 Å². The van der Waals surface area contributed by atoms with Crippen LogP contribution in [0.2, 0.25) is 0 Å². The van der Waals surface area contributed by atoms with Gasteiger partial charge in [0.1, 0.15) is 27.7 Å². The fourth-order valence-corrected chi connectivity index (χ4v) is 7.35. The van der Waals surface area contributed by atoms with Crippen LogP contribution in [-0.4, -0.2) is 39.2 Å². The minimum atomic E-state index is -4.74. The van der Waals surface area contributed by atoms with Crippen LogP contribution < -0.4 is 9.42 Å². The SMILES string of the molecule is C=CSC(=C)c1nc2sc([S+]([O-])CC(C)C)c(N(C)C)c2c(-c2ccc(OP(=O)(O)O)cc2)c1F. The molecule has 0 bridgehead atoms. The summed E-state index contributed by atoms with van der Waals surface area (Å²) in [5.74, 6) is -0.0218. The zero-order valence-corrected chi connectivity index (χ0v) is 23.0. The van der Waals surface area contributed by atoms with Crippen molar-refractivity contribution in [2.75, 3.05) is 24.7 Å². The lowest BCUT2D eigenvalue weighted by molar-refractivity contribution is 0.283. The molecule has 1 atom stereocenters. The average molecular weight is 557 g/mol. The van der Waals surface area contributed by atoms with Crippen LogP contribution in [0.4, 0.5) is 10.1 Å². The molecule has 0 spiro atoms. The van der Waals surface area contributed by atoms with E-state index < -0.39 is 24.8 Å². The highest BCUT2D eigenvalue weighted by Crippen LogP contribution is 2.48. The summed E-state index contributed by atoms with van der Waals surface area (Å²) in [4.78, 5) is 25.4. The maximum absolute atomic E-state index is 16.1. The number of benzene rings is 1. The predicted octanol–water partition coefficient (Wildman–Crippen LogP) is 6.25. The van der Waals surface area contributed by atoms with Gasteiger partial charge in [-0.3, -0.25) is 9.79 Å². The summed E-state index contributed by atoms with van der Waals surface area (Å²) in [5.41, 5.74) is 1.34. The molecular weight excluding hydrogens is 530 g/mol. The fraction of sp³-hybridized carbons (Fsp3) is 0.261. The molecule has 2 aromatic heterocycles. The topological polar surface area (TPSA) is 106 Å². The largest absolute Gasteiger partial charge is 0.611 e. The molecule has 188 valence electrons. The number of thioether (sulfide) groups is 1. The first-order valence-corrected chi connectivity index (χ1v) is 14.9. The van der Waals surface area contributed by atoms with Gasteiger partial charge >= 0.3 is 7.82 Å². The Balaban J connectivity index is 2.34. The molecule has 7 nitrogen and oxygen atoms in total. The number of phosphoric acid groups is 1. The molecule has 0 amide bonds. The molecule has 35 heavy (non-hydrogen) atoms. The van der Waals surface area contributed by atoms with E-state index in [1.807, 2.05) is 13.8 Å². The van der Waals surface area contributed by atoms with Crippen LogP contribution >= 0.6 is 30.9 Å². The molecular formula is C23H26FN2O5PS3. The van der Waals surface area contributed by atoms with E-state index in [1.165, 1.54) is 41.0 Å². The van der Waals surface area contributed by atoms with Gasteiger partial charge in [-0.1, -0.05) is 62.2 Å². The highest BCUT2D eigenvalue weighted by Gasteiger charge is 2.31. The third kappa shape index (κ3) is 6.29. The molecule has 3 aromatic rings. The number of hydrogen-bond donors (Lipinski definition) is 2. The fourth-order valence-electron chi connectivity index (χ4n) is 3.44. The summed E-state index contributed by atoms with van der Waals surface area (Å²) in [7, 11) is -1.13. The normalized spacial score (nSPS) is 12.7. The molecule has 1 aromatic carbocycles. The van der Waals surface area contributed by atoms with Crippen molar-refractivity contribution in [3.8, 4) is 16.9 Å². The predicted molar refractivity (Wildman–Crippen MR) is 145 cm³/mol. The van der Waals surface area contributed by atoms with E-state index in [4.69, 9.17) is 9.79 Å². The number of halogens is 1. The molecule has 3 rings (SSSR count). The van der Waals surface area contributed by atoms with Gasteiger partial charge in [0.2, 0.25) is 4.21 Å². The Morgan fingerprint density at radius 1 is 1.37 bits per heavy atom. The number of phosphoric ester groups is 1. The second kappa shape index (κ2) is 11.0. The molecule has 0 aliphatic heterocycles. The first kappa shape index (κ1) is 27.7. The van der Waals surface area contributed by atoms with Gasteiger partial charge in [0.25, 0.3) is 0 Å². The Bertz CT molecular complexity index is 1300. The number of thiophene rings is 1. The van der Waals surface area contributed by atoms with Crippen LogP contribution in [0.3, 0.4) is 0 Å². The quantitative estimate of drug-likeness (QED) is 0.223. The van der Waals surface area contributed by atoms with Gasteiger partial charge in [-0.15, -0.1) is 0 Å². The molecule has 0 saturated heterocycles. The van der Waals surface area contributed by atoms with E-state index in [0.29, 0.717) is 36.3 Å². The molecule has 2 heterocycles. The van der Waals surface area contributed by atoms with E-state index >= 15 is 4.39 Å². The number of fused-ring (bicyclic) bond motifs is 1. The summed E-state index contributed by atoms with van der Waals surface area (Å²) >= 11 is 1.08. The van der Waals surface area contributed by atoms with Crippen LogP contribution in [0.1, 0.15) is 19.5 Å². The Kier molecular flexibility index (Phi) is 8.75. The maximum atomic E-state index is 16.1. The minimum absolute atomic E-state index is 0.0562. The van der Waals surface area contributed by atoms with Gasteiger partial charge in [0, 0.05) is 24.6 Å². The summed E-state index contributed by atoms with van der Waals surface area (Å²) in [6.45, 7) is 11.6. The van der Waals surface area contributed by atoms with Crippen molar-refractivity contribution in [2.45, 2.75) is 18.1 Å². The van der Waals surface area contributed by atoms with Crippen molar-refractivity contribution in [2.24, 2.45) is 5.92 Å². The number of rotatable bonds is 10. The highest BCUT2D eigenvalue weighted by molar-refractivity contribution is 8.10. The van der Waals surface area contributed by atoms with Crippen molar-refractivity contribution in [1.82, 2.24) is 4.98 Å². The maximum Gasteiger partial charge on any atom is 0.524 e. The monoisotopic (exact) mass is 556 g/mol. The van der Waals surface area contributed by atoms with Gasteiger partial charge in [0.15, 0.2) is 5.82 Å². The smallest absolute Gasteiger partial charge is 0.524 e. The Hall–Kier alpha value is -1.85. The van der Waals surface area contributed by atoms with Crippen LogP contribution in [0.5, 0.6) is 5.75 Å². The number of aromatic nitrogens is 1. The molecule has 0 radical (unpaired) electrons. The van der Waals surface area contributed by atoms with Crippen molar-refractivity contribution in [1.29, 1.82) is 0 Å². The number of anilines is 1. The molecule has 2 N–H and O–H groups in total. The first-order valence-electron chi connectivity index (χ1n) is 10.4. The zero-order chi connectivity index (χ0) is 26.1. The van der Waals surface area contributed by atoms with Gasteiger partial charge in [-0.05, 0) is 40.2 Å². The van der Waals surface area contributed by atoms with E-state index in [1.54, 1.807) is 19.0 Å². The lowest BCUT2D eigenvalue weighted by atomic mass is 10.0. The Morgan fingerprint density at radius 2 is 2.00 bits per heavy atom. The van der Waals surface area contributed by atoms with Crippen molar-refractivity contribution >= 4 is 62.9 Å². The van der Waals surface area contributed by atoms with Crippen molar-refractivity contribution in [3.05, 3.63) is 54.3 Å². The zero-order valence-electron chi connectivity index (χ0n) is 19.6. The third-order valence-electron chi connectivity index (χ3n) is 4.72. The van der Waals surface area contributed by atoms with Gasteiger partial charge in [-0.25, -0.2) is 13.9 Å². The summed E-state index contributed by atoms with van der Waals surface area (Å²) in [6, 6.07) is 5.73. The lowest BCUT2D eigenvalue weighted by Crippen LogP contribution is -2.16. The van der Waals surface area contributed by atoms with Crippen molar-refractivity contribution < 1.29 is 27.8 Å².